The Balaban J connectivity index is 0.00000272. The molecule has 0 aliphatic carbocycles. The molecule has 3 aromatic rings. The van der Waals surface area contributed by atoms with Crippen molar-refractivity contribution >= 4 is 24.2 Å². The van der Waals surface area contributed by atoms with Crippen LogP contribution in [0, 0.1) is 11.3 Å². The van der Waals surface area contributed by atoms with Crippen LogP contribution < -0.4 is 0 Å². The maximum Gasteiger partial charge on any atom is 0.334 e. The Bertz CT molecular complexity index is 1080. The second-order valence-electron chi connectivity index (χ2n) is 7.63. The smallest absolute Gasteiger partial charge is 0.334 e. The summed E-state index contributed by atoms with van der Waals surface area (Å²) in [6.45, 7) is 1.33. The zero-order valence-electron chi connectivity index (χ0n) is 16.9. The summed E-state index contributed by atoms with van der Waals surface area (Å²) in [5.74, 6) is -0.0592. The first-order valence-electron chi connectivity index (χ1n) is 9.75. The number of hydrogen-bond donors (Lipinski definition) is 1. The number of amides is 2. The number of aromatic amines is 1. The van der Waals surface area contributed by atoms with E-state index in [0.717, 1.165) is 16.8 Å². The van der Waals surface area contributed by atoms with Crippen molar-refractivity contribution in [3.05, 3.63) is 89.5 Å². The molecule has 1 aliphatic rings. The van der Waals surface area contributed by atoms with Crippen LogP contribution in [0.25, 0.3) is 0 Å². The Morgan fingerprint density at radius 2 is 1.77 bits per heavy atom. The first-order chi connectivity index (χ1) is 14.6. The molecule has 1 aliphatic heterocycles. The molecule has 0 saturated carbocycles. The number of nitriles is 1. The molecular weight excluding hydrogens is 414 g/mol. The third-order valence-electron chi connectivity index (χ3n) is 5.46. The Morgan fingerprint density at radius 3 is 2.42 bits per heavy atom. The van der Waals surface area contributed by atoms with E-state index in [0.29, 0.717) is 25.2 Å². The van der Waals surface area contributed by atoms with Gasteiger partial charge in [0.25, 0.3) is 5.91 Å². The van der Waals surface area contributed by atoms with E-state index in [1.54, 1.807) is 29.6 Å². The number of nitrogens with one attached hydrogen (secondary N) is 1. The standard InChI is InChI=1S/C23H22N5O2.ClH/c24-10-18-6-8-20(9-7-18)14-28(15-21-11-25-17-26-21)16-22(29)27(13-23(28)30)12-19-4-2-1-3-5-19;/h1-9,11,17H,12-16H2,(H,25,26);1H/q+1;. The van der Waals surface area contributed by atoms with Gasteiger partial charge in [-0.3, -0.25) is 4.79 Å². The number of halogens is 1. The molecule has 31 heavy (non-hydrogen) atoms. The lowest BCUT2D eigenvalue weighted by atomic mass is 10.1. The Morgan fingerprint density at radius 1 is 1.03 bits per heavy atom. The average molecular weight is 437 g/mol. The number of nitrogens with zero attached hydrogens (tertiary/aromatic N) is 4. The molecule has 158 valence electrons. The summed E-state index contributed by atoms with van der Waals surface area (Å²) in [6, 6.07) is 19.0. The van der Waals surface area contributed by atoms with Gasteiger partial charge in [0.1, 0.15) is 19.6 Å². The Kier molecular flexibility index (Phi) is 6.85. The van der Waals surface area contributed by atoms with Gasteiger partial charge in [0.05, 0.1) is 29.9 Å². The van der Waals surface area contributed by atoms with Gasteiger partial charge in [-0.15, -0.1) is 12.4 Å². The van der Waals surface area contributed by atoms with Crippen LogP contribution in [-0.4, -0.2) is 44.3 Å². The number of H-pyrrole nitrogens is 1. The predicted molar refractivity (Wildman–Crippen MR) is 116 cm³/mol. The first kappa shape index (κ1) is 22.2. The van der Waals surface area contributed by atoms with Gasteiger partial charge in [0.2, 0.25) is 0 Å². The summed E-state index contributed by atoms with van der Waals surface area (Å²) < 4.78 is -0.00177. The fourth-order valence-corrected chi connectivity index (χ4v) is 3.87. The summed E-state index contributed by atoms with van der Waals surface area (Å²) in [5.41, 5.74) is 3.28. The highest BCUT2D eigenvalue weighted by molar-refractivity contribution is 5.87. The SMILES string of the molecule is Cl.N#Cc1ccc(C[N+]2(Cc3cnc[nH]3)CC(=O)N(Cc3ccccc3)CC2=O)cc1. The summed E-state index contributed by atoms with van der Waals surface area (Å²) >= 11 is 0. The van der Waals surface area contributed by atoms with Gasteiger partial charge in [-0.1, -0.05) is 42.5 Å². The molecule has 2 aromatic carbocycles. The van der Waals surface area contributed by atoms with Gasteiger partial charge >= 0.3 is 5.91 Å². The number of rotatable bonds is 6. The number of piperazine rings is 1. The molecule has 1 N–H and O–H groups in total. The molecule has 4 rings (SSSR count). The van der Waals surface area contributed by atoms with Gasteiger partial charge in [0.15, 0.2) is 6.54 Å². The zero-order chi connectivity index (χ0) is 21.0. The van der Waals surface area contributed by atoms with Crippen LogP contribution in [0.1, 0.15) is 22.4 Å². The normalized spacial score (nSPS) is 18.4. The number of carbonyl (C=O) groups is 2. The van der Waals surface area contributed by atoms with Crippen molar-refractivity contribution < 1.29 is 14.1 Å². The van der Waals surface area contributed by atoms with Crippen LogP contribution in [0.15, 0.2) is 67.1 Å². The molecular formula is C23H23ClN5O2+. The van der Waals surface area contributed by atoms with Gasteiger partial charge in [-0.05, 0) is 17.7 Å². The maximum atomic E-state index is 13.4. The van der Waals surface area contributed by atoms with Crippen molar-refractivity contribution in [2.75, 3.05) is 13.1 Å². The van der Waals surface area contributed by atoms with Crippen LogP contribution in [0.5, 0.6) is 0 Å². The number of carbonyl (C=O) groups excluding carboxylic acids is 2. The van der Waals surface area contributed by atoms with Crippen molar-refractivity contribution in [2.24, 2.45) is 0 Å². The van der Waals surface area contributed by atoms with Crippen LogP contribution in [-0.2, 0) is 29.2 Å². The third-order valence-corrected chi connectivity index (χ3v) is 5.46. The summed E-state index contributed by atoms with van der Waals surface area (Å²) in [6.07, 6.45) is 3.26. The topological polar surface area (TPSA) is 89.8 Å². The van der Waals surface area contributed by atoms with Crippen LogP contribution in [0.4, 0.5) is 0 Å². The first-order valence-corrected chi connectivity index (χ1v) is 9.75. The van der Waals surface area contributed by atoms with Crippen molar-refractivity contribution in [2.45, 2.75) is 19.6 Å². The van der Waals surface area contributed by atoms with Gasteiger partial charge in [0, 0.05) is 12.1 Å². The van der Waals surface area contributed by atoms with Crippen LogP contribution in [0.3, 0.4) is 0 Å². The van der Waals surface area contributed by atoms with Crippen molar-refractivity contribution in [1.82, 2.24) is 14.9 Å². The van der Waals surface area contributed by atoms with E-state index < -0.39 is 0 Å². The monoisotopic (exact) mass is 436 g/mol. The number of benzene rings is 2. The highest BCUT2D eigenvalue weighted by Crippen LogP contribution is 2.25. The van der Waals surface area contributed by atoms with Crippen LogP contribution >= 0.6 is 12.4 Å². The lowest BCUT2D eigenvalue weighted by molar-refractivity contribution is -0.876. The minimum atomic E-state index is -0.0494. The quantitative estimate of drug-likeness (QED) is 0.601. The number of hydrogen-bond acceptors (Lipinski definition) is 4. The van der Waals surface area contributed by atoms with E-state index in [9.17, 15) is 9.59 Å². The molecule has 8 heteroatoms. The minimum Gasteiger partial charge on any atom is -0.344 e. The minimum absolute atomic E-state index is 0. The van der Waals surface area contributed by atoms with Gasteiger partial charge in [-0.25, -0.2) is 14.3 Å². The maximum absolute atomic E-state index is 13.4. The van der Waals surface area contributed by atoms with Crippen molar-refractivity contribution in [1.29, 1.82) is 5.26 Å². The second-order valence-corrected chi connectivity index (χ2v) is 7.63. The van der Waals surface area contributed by atoms with E-state index in [1.807, 2.05) is 42.5 Å². The fourth-order valence-electron chi connectivity index (χ4n) is 3.87. The van der Waals surface area contributed by atoms with Gasteiger partial charge < -0.3 is 9.88 Å². The number of aromatic nitrogens is 2. The van der Waals surface area contributed by atoms with Crippen molar-refractivity contribution in [3.8, 4) is 6.07 Å². The van der Waals surface area contributed by atoms with E-state index in [-0.39, 0.29) is 41.8 Å². The molecule has 1 saturated heterocycles. The molecule has 1 fully saturated rings. The summed E-state index contributed by atoms with van der Waals surface area (Å²) in [5, 5.41) is 9.03. The van der Waals surface area contributed by atoms with Crippen molar-refractivity contribution in [3.63, 3.8) is 0 Å². The van der Waals surface area contributed by atoms with E-state index in [4.69, 9.17) is 5.26 Å². The molecule has 0 radical (unpaired) electrons. The molecule has 7 nitrogen and oxygen atoms in total. The number of quaternary nitrogens is 1. The largest absolute Gasteiger partial charge is 0.344 e. The van der Waals surface area contributed by atoms with E-state index in [2.05, 4.69) is 16.0 Å². The zero-order valence-corrected chi connectivity index (χ0v) is 17.7. The molecule has 2 heterocycles. The molecule has 1 aromatic heterocycles. The molecule has 2 amide bonds. The average Bonchev–Trinajstić information content (AvgIpc) is 3.26. The fraction of sp³-hybridized carbons (Fsp3) is 0.217. The molecule has 0 bridgehead atoms. The number of imidazole rings is 1. The second kappa shape index (κ2) is 9.56. The lowest BCUT2D eigenvalue weighted by Gasteiger charge is -2.41. The Hall–Kier alpha value is -3.47. The van der Waals surface area contributed by atoms with Crippen LogP contribution in [0.2, 0.25) is 0 Å². The highest BCUT2D eigenvalue weighted by Gasteiger charge is 2.46. The molecule has 1 unspecified atom stereocenters. The van der Waals surface area contributed by atoms with E-state index >= 15 is 0 Å². The summed E-state index contributed by atoms with van der Waals surface area (Å²) in [4.78, 5) is 35.2. The predicted octanol–water partition coefficient (Wildman–Crippen LogP) is 2.79. The molecule has 1 atom stereocenters. The summed E-state index contributed by atoms with van der Waals surface area (Å²) in [7, 11) is 0. The third kappa shape index (κ3) is 5.00. The van der Waals surface area contributed by atoms with Gasteiger partial charge in [-0.2, -0.15) is 5.26 Å². The highest BCUT2D eigenvalue weighted by atomic mass is 35.5. The molecule has 0 spiro atoms. The lowest BCUT2D eigenvalue weighted by Crippen LogP contribution is -2.64. The van der Waals surface area contributed by atoms with E-state index in [1.165, 1.54) is 0 Å². The Labute approximate surface area is 186 Å².